The molecule has 112 valence electrons. The molecule has 0 saturated heterocycles. The lowest BCUT2D eigenvalue weighted by molar-refractivity contribution is 0.102. The van der Waals surface area contributed by atoms with E-state index in [1.807, 2.05) is 0 Å². The van der Waals surface area contributed by atoms with Crippen molar-refractivity contribution in [3.05, 3.63) is 57.8 Å². The average Bonchev–Trinajstić information content (AvgIpc) is 2.89. The van der Waals surface area contributed by atoms with Crippen molar-refractivity contribution in [1.82, 2.24) is 19.8 Å². The third-order valence-electron chi connectivity index (χ3n) is 3.06. The number of aromatic amines is 1. The number of ketones is 1. The van der Waals surface area contributed by atoms with E-state index in [1.165, 1.54) is 42.1 Å². The van der Waals surface area contributed by atoms with Crippen LogP contribution in [-0.4, -0.2) is 31.3 Å². The Morgan fingerprint density at radius 2 is 2.09 bits per heavy atom. The van der Waals surface area contributed by atoms with E-state index in [2.05, 4.69) is 15.3 Å². The normalized spacial score (nSPS) is 11.0. The predicted octanol–water partition coefficient (Wildman–Crippen LogP) is 1.84. The van der Waals surface area contributed by atoms with Crippen LogP contribution < -0.4 is 5.56 Å². The third-order valence-corrected chi connectivity index (χ3v) is 4.02. The zero-order chi connectivity index (χ0) is 15.7. The van der Waals surface area contributed by atoms with Crippen molar-refractivity contribution >= 4 is 23.2 Å². The molecule has 8 heteroatoms. The lowest BCUT2D eigenvalue weighted by Gasteiger charge is -2.00. The van der Waals surface area contributed by atoms with Crippen LogP contribution in [0.25, 0.3) is 5.65 Å². The van der Waals surface area contributed by atoms with Gasteiger partial charge in [0.15, 0.2) is 16.5 Å². The standard InChI is InChI=1S/C14H11FN4O2S/c1-8-6-12(21)16-13-14(17-18-19(8)13)22-7-11(20)9-2-4-10(15)5-3-9/h2-6,18H,7H2,1H3. The lowest BCUT2D eigenvalue weighted by Crippen LogP contribution is -2.09. The summed E-state index contributed by atoms with van der Waals surface area (Å²) < 4.78 is 14.4. The Kier molecular flexibility index (Phi) is 3.76. The summed E-state index contributed by atoms with van der Waals surface area (Å²) in [5.74, 6) is -0.418. The number of Topliss-reactive ketones (excluding diaryl/α,β-unsaturated/α-hetero) is 1. The summed E-state index contributed by atoms with van der Waals surface area (Å²) in [6.45, 7) is 1.76. The summed E-state index contributed by atoms with van der Waals surface area (Å²) in [7, 11) is 0. The van der Waals surface area contributed by atoms with Crippen molar-refractivity contribution in [2.24, 2.45) is 0 Å². The summed E-state index contributed by atoms with van der Waals surface area (Å²) in [5.41, 5.74) is 1.14. The molecule has 3 aromatic rings. The second-order valence-electron chi connectivity index (χ2n) is 4.63. The molecule has 6 nitrogen and oxygen atoms in total. The first kappa shape index (κ1) is 14.5. The smallest absolute Gasteiger partial charge is 0.273 e. The number of hydrogen-bond acceptors (Lipinski definition) is 5. The minimum absolute atomic E-state index is 0.121. The number of carbonyl (C=O) groups excluding carboxylic acids is 1. The van der Waals surface area contributed by atoms with Crippen LogP contribution in [0.15, 0.2) is 40.2 Å². The van der Waals surface area contributed by atoms with Gasteiger partial charge < -0.3 is 0 Å². The van der Waals surface area contributed by atoms with Crippen molar-refractivity contribution in [1.29, 1.82) is 0 Å². The highest BCUT2D eigenvalue weighted by Gasteiger charge is 2.13. The fourth-order valence-corrected chi connectivity index (χ4v) is 2.77. The number of rotatable bonds is 4. The van der Waals surface area contributed by atoms with Gasteiger partial charge in [0.2, 0.25) is 0 Å². The number of aryl methyl sites for hydroxylation is 1. The van der Waals surface area contributed by atoms with E-state index in [0.717, 1.165) is 0 Å². The highest BCUT2D eigenvalue weighted by atomic mass is 32.2. The zero-order valence-corrected chi connectivity index (χ0v) is 12.4. The number of nitrogens with zero attached hydrogens (tertiary/aromatic N) is 3. The van der Waals surface area contributed by atoms with Gasteiger partial charge in [0.05, 0.1) is 5.75 Å². The third kappa shape index (κ3) is 2.77. The maximum absolute atomic E-state index is 12.8. The Morgan fingerprint density at radius 3 is 2.82 bits per heavy atom. The summed E-state index contributed by atoms with van der Waals surface area (Å²) in [6, 6.07) is 6.75. The Bertz CT molecular complexity index is 901. The second-order valence-corrected chi connectivity index (χ2v) is 5.59. The van der Waals surface area contributed by atoms with Crippen LogP contribution in [0.2, 0.25) is 0 Å². The SMILES string of the molecule is Cc1cc(=O)nc2c(SCC(=O)c3ccc(F)cc3)n[nH]n12. The Balaban J connectivity index is 1.81. The maximum Gasteiger partial charge on any atom is 0.273 e. The van der Waals surface area contributed by atoms with Gasteiger partial charge in [-0.1, -0.05) is 11.8 Å². The highest BCUT2D eigenvalue weighted by molar-refractivity contribution is 8.00. The maximum atomic E-state index is 12.8. The molecular formula is C14H11FN4O2S. The molecule has 3 rings (SSSR count). The molecule has 0 unspecified atom stereocenters. The van der Waals surface area contributed by atoms with Crippen molar-refractivity contribution in [3.8, 4) is 0 Å². The quantitative estimate of drug-likeness (QED) is 0.586. The first-order chi connectivity index (χ1) is 10.5. The Labute approximate surface area is 128 Å². The van der Waals surface area contributed by atoms with Crippen molar-refractivity contribution in [2.45, 2.75) is 11.9 Å². The van der Waals surface area contributed by atoms with E-state index >= 15 is 0 Å². The van der Waals surface area contributed by atoms with Gasteiger partial charge in [0.25, 0.3) is 5.56 Å². The summed E-state index contributed by atoms with van der Waals surface area (Å²) in [5, 5.41) is 7.27. The molecule has 0 aliphatic carbocycles. The van der Waals surface area contributed by atoms with Gasteiger partial charge >= 0.3 is 0 Å². The molecular weight excluding hydrogens is 307 g/mol. The van der Waals surface area contributed by atoms with Crippen LogP contribution in [0.4, 0.5) is 4.39 Å². The molecule has 0 aliphatic heterocycles. The minimum Gasteiger partial charge on any atom is -0.293 e. The Hall–Kier alpha value is -2.48. The van der Waals surface area contributed by atoms with E-state index in [1.54, 1.807) is 11.4 Å². The molecule has 2 heterocycles. The second kappa shape index (κ2) is 5.72. The molecule has 0 fully saturated rings. The van der Waals surface area contributed by atoms with Gasteiger partial charge in [-0.2, -0.15) is 4.98 Å². The number of aromatic nitrogens is 4. The molecule has 1 N–H and O–H groups in total. The fraction of sp³-hybridized carbons (Fsp3) is 0.143. The van der Waals surface area contributed by atoms with Gasteiger partial charge in [-0.25, -0.2) is 14.1 Å². The molecule has 1 aromatic carbocycles. The van der Waals surface area contributed by atoms with Gasteiger partial charge in [0, 0.05) is 17.3 Å². The van der Waals surface area contributed by atoms with Crippen LogP contribution in [0.5, 0.6) is 0 Å². The van der Waals surface area contributed by atoms with Crippen molar-refractivity contribution < 1.29 is 9.18 Å². The van der Waals surface area contributed by atoms with E-state index in [4.69, 9.17) is 0 Å². The number of halogens is 1. The molecule has 0 saturated carbocycles. The van der Waals surface area contributed by atoms with Crippen LogP contribution in [0, 0.1) is 12.7 Å². The van der Waals surface area contributed by atoms with E-state index in [9.17, 15) is 14.0 Å². The first-order valence-electron chi connectivity index (χ1n) is 6.41. The number of thioether (sulfide) groups is 1. The fourth-order valence-electron chi connectivity index (χ4n) is 1.96. The van der Waals surface area contributed by atoms with Gasteiger partial charge in [0.1, 0.15) is 5.82 Å². The topological polar surface area (TPSA) is 80.1 Å². The van der Waals surface area contributed by atoms with Crippen LogP contribution >= 0.6 is 11.8 Å². The van der Waals surface area contributed by atoms with Crippen LogP contribution in [-0.2, 0) is 0 Å². The van der Waals surface area contributed by atoms with Crippen LogP contribution in [0.3, 0.4) is 0 Å². The largest absolute Gasteiger partial charge is 0.293 e. The number of fused-ring (bicyclic) bond motifs is 1. The molecule has 22 heavy (non-hydrogen) atoms. The number of carbonyl (C=O) groups is 1. The minimum atomic E-state index is -0.387. The summed E-state index contributed by atoms with van der Waals surface area (Å²) in [6.07, 6.45) is 0. The Morgan fingerprint density at radius 1 is 1.36 bits per heavy atom. The zero-order valence-electron chi connectivity index (χ0n) is 11.5. The summed E-state index contributed by atoms with van der Waals surface area (Å²) in [4.78, 5) is 27.4. The van der Waals surface area contributed by atoms with Gasteiger partial charge in [-0.3, -0.25) is 9.59 Å². The molecule has 0 spiro atoms. The van der Waals surface area contributed by atoms with Crippen LogP contribution in [0.1, 0.15) is 16.1 Å². The van der Waals surface area contributed by atoms with E-state index in [0.29, 0.717) is 21.9 Å². The molecule has 0 radical (unpaired) electrons. The average molecular weight is 318 g/mol. The monoisotopic (exact) mass is 318 g/mol. The molecule has 2 aromatic heterocycles. The first-order valence-corrected chi connectivity index (χ1v) is 7.39. The van der Waals surface area contributed by atoms with E-state index in [-0.39, 0.29) is 22.9 Å². The van der Waals surface area contributed by atoms with Crippen molar-refractivity contribution in [2.75, 3.05) is 5.75 Å². The van der Waals surface area contributed by atoms with Gasteiger partial charge in [-0.05, 0) is 31.2 Å². The number of hydrogen-bond donors (Lipinski definition) is 1. The molecule has 0 aliphatic rings. The summed E-state index contributed by atoms with van der Waals surface area (Å²) >= 11 is 1.17. The lowest BCUT2D eigenvalue weighted by atomic mass is 10.1. The predicted molar refractivity (Wildman–Crippen MR) is 79.8 cm³/mol. The number of benzene rings is 1. The van der Waals surface area contributed by atoms with Crippen molar-refractivity contribution in [3.63, 3.8) is 0 Å². The van der Waals surface area contributed by atoms with Gasteiger partial charge in [-0.15, -0.1) is 5.10 Å². The van der Waals surface area contributed by atoms with E-state index < -0.39 is 0 Å². The highest BCUT2D eigenvalue weighted by Crippen LogP contribution is 2.20. The molecule has 0 amide bonds. The molecule has 0 atom stereocenters. The number of H-pyrrole nitrogens is 1. The number of nitrogens with one attached hydrogen (secondary N) is 1. The molecule has 0 bridgehead atoms.